The molecule has 5 heteroatoms. The minimum atomic E-state index is 0.0425. The molecule has 114 valence electrons. The summed E-state index contributed by atoms with van der Waals surface area (Å²) in [5.41, 5.74) is 0. The second kappa shape index (κ2) is 6.45. The van der Waals surface area contributed by atoms with Crippen molar-refractivity contribution in [3.05, 3.63) is 28.2 Å². The monoisotopic (exact) mass is 327 g/mol. The molecule has 3 nitrogen and oxygen atoms in total. The van der Waals surface area contributed by atoms with Crippen LogP contribution in [0.4, 0.5) is 0 Å². The molecule has 0 radical (unpaired) electrons. The van der Waals surface area contributed by atoms with Crippen LogP contribution in [0.3, 0.4) is 0 Å². The molecule has 1 aromatic rings. The lowest BCUT2D eigenvalue weighted by Crippen LogP contribution is -2.33. The summed E-state index contributed by atoms with van der Waals surface area (Å²) in [5.74, 6) is 1.95. The number of halogens is 2. The largest absolute Gasteiger partial charge is 0.482 e. The Kier molecular flexibility index (Phi) is 4.60. The van der Waals surface area contributed by atoms with Crippen LogP contribution >= 0.6 is 23.2 Å². The highest BCUT2D eigenvalue weighted by Gasteiger charge is 2.36. The maximum Gasteiger partial charge on any atom is 0.260 e. The van der Waals surface area contributed by atoms with E-state index < -0.39 is 0 Å². The van der Waals surface area contributed by atoms with Gasteiger partial charge in [-0.2, -0.15) is 0 Å². The van der Waals surface area contributed by atoms with Gasteiger partial charge in [0.2, 0.25) is 0 Å². The highest BCUT2D eigenvalue weighted by molar-refractivity contribution is 6.35. The van der Waals surface area contributed by atoms with Gasteiger partial charge in [0.1, 0.15) is 5.75 Å². The van der Waals surface area contributed by atoms with Crippen molar-refractivity contribution < 1.29 is 9.53 Å². The summed E-state index contributed by atoms with van der Waals surface area (Å²) >= 11 is 11.9. The van der Waals surface area contributed by atoms with Gasteiger partial charge in [0.25, 0.3) is 5.91 Å². The van der Waals surface area contributed by atoms with E-state index in [4.69, 9.17) is 27.9 Å². The lowest BCUT2D eigenvalue weighted by molar-refractivity contribution is -0.132. The molecular formula is C16H19Cl2NO2. The van der Waals surface area contributed by atoms with E-state index in [9.17, 15) is 4.79 Å². The number of likely N-dealkylation sites (tertiary alicyclic amines) is 1. The highest BCUT2D eigenvalue weighted by atomic mass is 35.5. The Morgan fingerprint density at radius 3 is 2.48 bits per heavy atom. The molecule has 0 bridgehead atoms. The van der Waals surface area contributed by atoms with Crippen molar-refractivity contribution >= 4 is 29.1 Å². The van der Waals surface area contributed by atoms with E-state index in [0.29, 0.717) is 27.6 Å². The summed E-state index contributed by atoms with van der Waals surface area (Å²) < 4.78 is 5.54. The fourth-order valence-corrected chi connectivity index (χ4v) is 3.90. The summed E-state index contributed by atoms with van der Waals surface area (Å²) in [5, 5.41) is 0.993. The molecule has 2 fully saturated rings. The van der Waals surface area contributed by atoms with Gasteiger partial charge in [0, 0.05) is 18.1 Å². The third-order valence-electron chi connectivity index (χ3n) is 4.57. The molecule has 1 saturated heterocycles. The van der Waals surface area contributed by atoms with E-state index in [-0.39, 0.29) is 12.5 Å². The topological polar surface area (TPSA) is 29.5 Å². The van der Waals surface area contributed by atoms with Gasteiger partial charge in [-0.05, 0) is 42.9 Å². The highest BCUT2D eigenvalue weighted by Crippen LogP contribution is 2.36. The van der Waals surface area contributed by atoms with Crippen molar-refractivity contribution in [3.8, 4) is 5.75 Å². The Labute approximate surface area is 135 Å². The number of carbonyl (C=O) groups excluding carboxylic acids is 1. The average Bonchev–Trinajstić information content (AvgIpc) is 2.90. The fourth-order valence-electron chi connectivity index (χ4n) is 3.43. The van der Waals surface area contributed by atoms with E-state index in [1.165, 1.54) is 25.7 Å². The normalized spacial score (nSPS) is 24.8. The number of benzene rings is 1. The van der Waals surface area contributed by atoms with Crippen molar-refractivity contribution in [2.75, 3.05) is 19.7 Å². The van der Waals surface area contributed by atoms with Crippen LogP contribution in [0.1, 0.15) is 25.7 Å². The first-order chi connectivity index (χ1) is 10.1. The van der Waals surface area contributed by atoms with Crippen LogP contribution in [0.2, 0.25) is 10.0 Å². The number of amides is 1. The molecule has 3 rings (SSSR count). The minimum absolute atomic E-state index is 0.0425. The van der Waals surface area contributed by atoms with Crippen molar-refractivity contribution in [2.24, 2.45) is 11.8 Å². The SMILES string of the molecule is O=C(COc1ccc(Cl)cc1Cl)N1CC2CCCCC2C1. The standard InChI is InChI=1S/C16H19Cl2NO2/c17-13-5-6-15(14(18)7-13)21-10-16(20)19-8-11-3-1-2-4-12(11)9-19/h5-7,11-12H,1-4,8-10H2. The Morgan fingerprint density at radius 1 is 1.19 bits per heavy atom. The predicted molar refractivity (Wildman–Crippen MR) is 84.0 cm³/mol. The van der Waals surface area contributed by atoms with Crippen molar-refractivity contribution in [1.29, 1.82) is 0 Å². The van der Waals surface area contributed by atoms with Crippen LogP contribution in [0.5, 0.6) is 5.75 Å². The van der Waals surface area contributed by atoms with Gasteiger partial charge in [0.05, 0.1) is 5.02 Å². The molecule has 1 aromatic carbocycles. The van der Waals surface area contributed by atoms with Crippen LogP contribution in [-0.2, 0) is 4.79 Å². The quantitative estimate of drug-likeness (QED) is 0.839. The molecule has 0 N–H and O–H groups in total. The third-order valence-corrected chi connectivity index (χ3v) is 5.10. The zero-order chi connectivity index (χ0) is 14.8. The first-order valence-corrected chi connectivity index (χ1v) is 8.24. The third kappa shape index (κ3) is 3.46. The summed E-state index contributed by atoms with van der Waals surface area (Å²) in [6.45, 7) is 1.82. The van der Waals surface area contributed by atoms with Gasteiger partial charge in [-0.15, -0.1) is 0 Å². The molecule has 1 heterocycles. The van der Waals surface area contributed by atoms with Crippen LogP contribution in [0.15, 0.2) is 18.2 Å². The molecule has 1 aliphatic carbocycles. The van der Waals surface area contributed by atoms with Crippen molar-refractivity contribution in [2.45, 2.75) is 25.7 Å². The molecule has 1 aliphatic heterocycles. The molecule has 2 unspecified atom stereocenters. The van der Waals surface area contributed by atoms with Crippen molar-refractivity contribution in [1.82, 2.24) is 4.90 Å². The molecule has 0 spiro atoms. The smallest absolute Gasteiger partial charge is 0.260 e. The maximum atomic E-state index is 12.3. The molecule has 1 amide bonds. The number of hydrogen-bond donors (Lipinski definition) is 0. The molecule has 0 aromatic heterocycles. The number of rotatable bonds is 3. The van der Waals surface area contributed by atoms with Crippen LogP contribution < -0.4 is 4.74 Å². The van der Waals surface area contributed by atoms with Crippen molar-refractivity contribution in [3.63, 3.8) is 0 Å². The predicted octanol–water partition coefficient (Wildman–Crippen LogP) is 4.02. The Balaban J connectivity index is 1.55. The zero-order valence-corrected chi connectivity index (χ0v) is 13.4. The summed E-state index contributed by atoms with van der Waals surface area (Å²) in [7, 11) is 0. The first kappa shape index (κ1) is 15.0. The second-order valence-corrected chi connectivity index (χ2v) is 6.81. The van der Waals surface area contributed by atoms with E-state index in [0.717, 1.165) is 13.1 Å². The Morgan fingerprint density at radius 2 is 1.86 bits per heavy atom. The lowest BCUT2D eigenvalue weighted by Gasteiger charge is -2.22. The van der Waals surface area contributed by atoms with Gasteiger partial charge < -0.3 is 9.64 Å². The molecule has 2 aliphatic rings. The van der Waals surface area contributed by atoms with Gasteiger partial charge in [-0.25, -0.2) is 0 Å². The number of ether oxygens (including phenoxy) is 1. The van der Waals surface area contributed by atoms with Gasteiger partial charge in [0.15, 0.2) is 6.61 Å². The van der Waals surface area contributed by atoms with Crippen LogP contribution in [0.25, 0.3) is 0 Å². The molecular weight excluding hydrogens is 309 g/mol. The Hall–Kier alpha value is -0.930. The zero-order valence-electron chi connectivity index (χ0n) is 11.9. The lowest BCUT2D eigenvalue weighted by atomic mass is 9.82. The molecule has 2 atom stereocenters. The summed E-state index contributed by atoms with van der Waals surface area (Å²) in [6, 6.07) is 5.02. The Bertz CT molecular complexity index is 521. The maximum absolute atomic E-state index is 12.3. The summed E-state index contributed by atoms with van der Waals surface area (Å²) in [6.07, 6.45) is 5.14. The van der Waals surface area contributed by atoms with Gasteiger partial charge >= 0.3 is 0 Å². The first-order valence-electron chi connectivity index (χ1n) is 7.49. The van der Waals surface area contributed by atoms with Gasteiger partial charge in [-0.3, -0.25) is 4.79 Å². The number of carbonyl (C=O) groups is 1. The van der Waals surface area contributed by atoms with E-state index in [2.05, 4.69) is 0 Å². The summed E-state index contributed by atoms with van der Waals surface area (Å²) in [4.78, 5) is 14.2. The van der Waals surface area contributed by atoms with Crippen LogP contribution in [0, 0.1) is 11.8 Å². The number of nitrogens with zero attached hydrogens (tertiary/aromatic N) is 1. The van der Waals surface area contributed by atoms with E-state index in [1.54, 1.807) is 18.2 Å². The minimum Gasteiger partial charge on any atom is -0.482 e. The van der Waals surface area contributed by atoms with E-state index >= 15 is 0 Å². The number of fused-ring (bicyclic) bond motifs is 1. The van der Waals surface area contributed by atoms with Crippen LogP contribution in [-0.4, -0.2) is 30.5 Å². The number of hydrogen-bond acceptors (Lipinski definition) is 2. The van der Waals surface area contributed by atoms with Gasteiger partial charge in [-0.1, -0.05) is 36.0 Å². The second-order valence-electron chi connectivity index (χ2n) is 5.97. The average molecular weight is 328 g/mol. The van der Waals surface area contributed by atoms with E-state index in [1.807, 2.05) is 4.90 Å². The molecule has 1 saturated carbocycles. The fraction of sp³-hybridized carbons (Fsp3) is 0.562. The molecule has 21 heavy (non-hydrogen) atoms.